The monoisotopic (exact) mass is 514 g/mol. The summed E-state index contributed by atoms with van der Waals surface area (Å²) in [5.41, 5.74) is 1.31. The third kappa shape index (κ3) is 4.06. The molecule has 4 aromatic carbocycles. The minimum absolute atomic E-state index is 0.0165. The number of hydrogen-bond donors (Lipinski definition) is 2. The molecule has 8 heteroatoms. The van der Waals surface area contributed by atoms with Crippen LogP contribution in [0.25, 0.3) is 0 Å². The number of carbonyl (C=O) groups is 4. The van der Waals surface area contributed by atoms with Gasteiger partial charge in [0.2, 0.25) is 0 Å². The van der Waals surface area contributed by atoms with Crippen LogP contribution in [0.5, 0.6) is 0 Å². The van der Waals surface area contributed by atoms with Gasteiger partial charge in [0.1, 0.15) is 0 Å². The van der Waals surface area contributed by atoms with E-state index in [0.717, 1.165) is 0 Å². The highest BCUT2D eigenvalue weighted by molar-refractivity contribution is 6.45. The van der Waals surface area contributed by atoms with Crippen LogP contribution in [0.3, 0.4) is 0 Å². The van der Waals surface area contributed by atoms with Crippen molar-refractivity contribution in [2.24, 2.45) is 0 Å². The molecular formula is C28H16Cl2N2O4. The topological polar surface area (TPSA) is 92.3 Å². The molecule has 2 amide bonds. The fourth-order valence-corrected chi connectivity index (χ4v) is 4.60. The SMILES string of the molecule is O=C(Nc1ccc2c(c1Cl)C(=O)c1ccc(NC(=O)c3ccccc3)c(Cl)c1C2=O)c1ccccc1. The predicted molar refractivity (Wildman–Crippen MR) is 139 cm³/mol. The van der Waals surface area contributed by atoms with Crippen molar-refractivity contribution in [3.05, 3.63) is 128 Å². The number of fused-ring (bicyclic) bond motifs is 2. The first-order valence-electron chi connectivity index (χ1n) is 10.8. The van der Waals surface area contributed by atoms with E-state index in [-0.39, 0.29) is 43.7 Å². The highest BCUT2D eigenvalue weighted by Crippen LogP contribution is 2.40. The maximum atomic E-state index is 13.4. The first-order valence-corrected chi connectivity index (χ1v) is 11.6. The van der Waals surface area contributed by atoms with Crippen LogP contribution >= 0.6 is 23.2 Å². The molecule has 0 saturated carbocycles. The molecule has 0 atom stereocenters. The van der Waals surface area contributed by atoms with E-state index in [1.165, 1.54) is 24.3 Å². The molecular weight excluding hydrogens is 499 g/mol. The molecule has 0 saturated heterocycles. The third-order valence-electron chi connectivity index (χ3n) is 5.80. The molecule has 0 fully saturated rings. The summed E-state index contributed by atoms with van der Waals surface area (Å²) in [6.45, 7) is 0. The van der Waals surface area contributed by atoms with Crippen molar-refractivity contribution in [2.45, 2.75) is 0 Å². The van der Waals surface area contributed by atoms with Crippen LogP contribution in [0, 0.1) is 0 Å². The van der Waals surface area contributed by atoms with Gasteiger partial charge in [-0.1, -0.05) is 59.6 Å². The fraction of sp³-hybridized carbons (Fsp3) is 0. The van der Waals surface area contributed by atoms with Crippen molar-refractivity contribution in [1.82, 2.24) is 0 Å². The molecule has 176 valence electrons. The molecule has 0 bridgehead atoms. The van der Waals surface area contributed by atoms with Gasteiger partial charge in [-0.15, -0.1) is 0 Å². The molecule has 5 rings (SSSR count). The second kappa shape index (κ2) is 9.41. The van der Waals surface area contributed by atoms with Crippen molar-refractivity contribution < 1.29 is 19.2 Å². The lowest BCUT2D eigenvalue weighted by Crippen LogP contribution is -2.24. The molecule has 0 radical (unpaired) electrons. The summed E-state index contributed by atoms with van der Waals surface area (Å²) in [4.78, 5) is 51.9. The van der Waals surface area contributed by atoms with E-state index >= 15 is 0 Å². The standard InChI is InChI=1S/C28H16Cl2N2O4/c29-23-19(31-27(35)15-7-3-1-4-8-15)13-11-17-21(23)25(33)18-12-14-20(24(30)22(18)26(17)34)32-28(36)16-9-5-2-6-10-16/h1-14H,(H,31,35)(H,32,36). The summed E-state index contributed by atoms with van der Waals surface area (Å²) in [5, 5.41) is 5.28. The number of amides is 2. The Kier molecular flexibility index (Phi) is 6.14. The van der Waals surface area contributed by atoms with E-state index in [9.17, 15) is 19.2 Å². The summed E-state index contributed by atoms with van der Waals surface area (Å²) in [5.74, 6) is -1.84. The number of ketones is 2. The lowest BCUT2D eigenvalue weighted by molar-refractivity contribution is 0.0979. The summed E-state index contributed by atoms with van der Waals surface area (Å²) in [6, 6.07) is 22.8. The van der Waals surface area contributed by atoms with Gasteiger partial charge in [-0.3, -0.25) is 19.2 Å². The van der Waals surface area contributed by atoms with E-state index in [4.69, 9.17) is 23.2 Å². The minimum atomic E-state index is -0.511. The Labute approximate surface area is 215 Å². The van der Waals surface area contributed by atoms with Gasteiger partial charge in [-0.2, -0.15) is 0 Å². The van der Waals surface area contributed by atoms with Crippen LogP contribution in [0.1, 0.15) is 52.6 Å². The first-order chi connectivity index (χ1) is 17.4. The minimum Gasteiger partial charge on any atom is -0.321 e. The number of benzene rings is 4. The molecule has 36 heavy (non-hydrogen) atoms. The summed E-state index contributed by atoms with van der Waals surface area (Å²) < 4.78 is 0. The maximum Gasteiger partial charge on any atom is 0.255 e. The van der Waals surface area contributed by atoms with Crippen LogP contribution in [-0.4, -0.2) is 23.4 Å². The highest BCUT2D eigenvalue weighted by Gasteiger charge is 2.35. The van der Waals surface area contributed by atoms with Crippen LogP contribution in [-0.2, 0) is 0 Å². The number of anilines is 2. The lowest BCUT2D eigenvalue weighted by Gasteiger charge is -2.22. The van der Waals surface area contributed by atoms with Crippen molar-refractivity contribution in [1.29, 1.82) is 0 Å². The fourth-order valence-electron chi connectivity index (χ4n) is 4.00. The zero-order valence-corrected chi connectivity index (χ0v) is 20.0. The molecule has 4 aromatic rings. The van der Waals surface area contributed by atoms with E-state index in [1.54, 1.807) is 60.7 Å². The summed E-state index contributed by atoms with van der Waals surface area (Å²) in [6.07, 6.45) is 0. The first kappa shape index (κ1) is 23.5. The van der Waals surface area contributed by atoms with Gasteiger partial charge in [0.15, 0.2) is 11.6 Å². The molecule has 0 aromatic heterocycles. The van der Waals surface area contributed by atoms with Gasteiger partial charge in [0, 0.05) is 22.3 Å². The number of carbonyl (C=O) groups excluding carboxylic acids is 4. The van der Waals surface area contributed by atoms with Gasteiger partial charge in [0.05, 0.1) is 32.5 Å². The van der Waals surface area contributed by atoms with Crippen LogP contribution in [0.2, 0.25) is 10.0 Å². The highest BCUT2D eigenvalue weighted by atomic mass is 35.5. The van der Waals surface area contributed by atoms with Gasteiger partial charge in [-0.25, -0.2) is 0 Å². The Bertz CT molecular complexity index is 1450. The quantitative estimate of drug-likeness (QED) is 0.295. The summed E-state index contributed by atoms with van der Waals surface area (Å²) in [7, 11) is 0. The van der Waals surface area contributed by atoms with Gasteiger partial charge in [-0.05, 0) is 48.5 Å². The molecule has 0 heterocycles. The normalized spacial score (nSPS) is 11.9. The zero-order chi connectivity index (χ0) is 25.4. The van der Waals surface area contributed by atoms with Crippen LogP contribution < -0.4 is 10.6 Å². The average Bonchev–Trinajstić information content (AvgIpc) is 2.90. The molecule has 1 aliphatic rings. The van der Waals surface area contributed by atoms with Gasteiger partial charge in [0.25, 0.3) is 11.8 Å². The average molecular weight is 515 g/mol. The molecule has 0 unspecified atom stereocenters. The van der Waals surface area contributed by atoms with E-state index < -0.39 is 23.4 Å². The summed E-state index contributed by atoms with van der Waals surface area (Å²) >= 11 is 13.0. The smallest absolute Gasteiger partial charge is 0.255 e. The Morgan fingerprint density at radius 3 is 1.25 bits per heavy atom. The number of hydrogen-bond acceptors (Lipinski definition) is 4. The number of rotatable bonds is 4. The van der Waals surface area contributed by atoms with Crippen molar-refractivity contribution in [2.75, 3.05) is 10.6 Å². The molecule has 2 N–H and O–H groups in total. The third-order valence-corrected chi connectivity index (χ3v) is 6.58. The van der Waals surface area contributed by atoms with E-state index in [0.29, 0.717) is 11.1 Å². The van der Waals surface area contributed by atoms with Gasteiger partial charge >= 0.3 is 0 Å². The van der Waals surface area contributed by atoms with Crippen LogP contribution in [0.4, 0.5) is 11.4 Å². The van der Waals surface area contributed by atoms with Gasteiger partial charge < -0.3 is 10.6 Å². The zero-order valence-electron chi connectivity index (χ0n) is 18.5. The Morgan fingerprint density at radius 2 is 0.889 bits per heavy atom. The van der Waals surface area contributed by atoms with Crippen molar-refractivity contribution in [3.63, 3.8) is 0 Å². The van der Waals surface area contributed by atoms with Crippen molar-refractivity contribution in [3.8, 4) is 0 Å². The Hall–Kier alpha value is -4.26. The van der Waals surface area contributed by atoms with Crippen LogP contribution in [0.15, 0.2) is 84.9 Å². The number of halogens is 2. The van der Waals surface area contributed by atoms with E-state index in [2.05, 4.69) is 10.6 Å². The second-order valence-corrected chi connectivity index (χ2v) is 8.75. The Balaban J connectivity index is 1.49. The predicted octanol–water partition coefficient (Wildman–Crippen LogP) is 6.27. The lowest BCUT2D eigenvalue weighted by atomic mass is 9.83. The Morgan fingerprint density at radius 1 is 0.528 bits per heavy atom. The molecule has 1 aliphatic carbocycles. The second-order valence-electron chi connectivity index (χ2n) is 8.00. The molecule has 0 spiro atoms. The van der Waals surface area contributed by atoms with Crippen molar-refractivity contribution >= 4 is 58.0 Å². The maximum absolute atomic E-state index is 13.4. The number of nitrogens with one attached hydrogen (secondary N) is 2. The molecule has 6 nitrogen and oxygen atoms in total. The molecule has 0 aliphatic heterocycles. The largest absolute Gasteiger partial charge is 0.321 e. The van der Waals surface area contributed by atoms with E-state index in [1.807, 2.05) is 0 Å².